The lowest BCUT2D eigenvalue weighted by molar-refractivity contribution is -0.155. The number of amides is 1. The minimum absolute atomic E-state index is 0.0118. The Morgan fingerprint density at radius 2 is 1.93 bits per heavy atom. The van der Waals surface area contributed by atoms with Gasteiger partial charge in [-0.25, -0.2) is 9.78 Å². The molecule has 1 amide bonds. The Balaban J connectivity index is 1.38. The minimum atomic E-state index is -1.55. The predicted octanol–water partition coefficient (Wildman–Crippen LogP) is 4.60. The quantitative estimate of drug-likeness (QED) is 0.133. The number of rotatable bonds is 13. The summed E-state index contributed by atoms with van der Waals surface area (Å²) in [5, 5.41) is 13.6. The first-order chi connectivity index (χ1) is 19.9. The molecule has 0 radical (unpaired) electrons. The number of halogens is 1. The van der Waals surface area contributed by atoms with Gasteiger partial charge in [0.1, 0.15) is 6.61 Å². The Morgan fingerprint density at radius 1 is 1.20 bits per heavy atom. The summed E-state index contributed by atoms with van der Waals surface area (Å²) in [5.41, 5.74) is -0.834. The number of carbonyl (C=O) groups excluding carboxylic acids is 2. The van der Waals surface area contributed by atoms with Crippen LogP contribution >= 0.6 is 0 Å². The number of benzene rings is 1. The van der Waals surface area contributed by atoms with Gasteiger partial charge in [0.2, 0.25) is 5.91 Å². The Kier molecular flexibility index (Phi) is 10.4. The van der Waals surface area contributed by atoms with Crippen molar-refractivity contribution in [3.8, 4) is 12.3 Å². The van der Waals surface area contributed by atoms with E-state index in [2.05, 4.69) is 33.1 Å². The highest BCUT2D eigenvalue weighted by Crippen LogP contribution is 2.34. The summed E-state index contributed by atoms with van der Waals surface area (Å²) in [5.74, 6) is 1.57. The van der Waals surface area contributed by atoms with E-state index in [0.717, 1.165) is 25.7 Å². The molecule has 1 fully saturated rings. The number of imidazole rings is 1. The summed E-state index contributed by atoms with van der Waals surface area (Å²) in [6, 6.07) is 7.90. The molecule has 218 valence electrons. The molecule has 1 unspecified atom stereocenters. The number of terminal acetylenes is 1. The zero-order chi connectivity index (χ0) is 29.2. The van der Waals surface area contributed by atoms with E-state index in [0.29, 0.717) is 12.0 Å². The Labute approximate surface area is 238 Å². The number of esters is 1. The van der Waals surface area contributed by atoms with Crippen LogP contribution in [0.1, 0.15) is 81.1 Å². The Bertz CT molecular complexity index is 1370. The van der Waals surface area contributed by atoms with E-state index in [1.165, 1.54) is 25.6 Å². The number of ether oxygens (including phenoxy) is 2. The summed E-state index contributed by atoms with van der Waals surface area (Å²) < 4.78 is 27.2. The van der Waals surface area contributed by atoms with Gasteiger partial charge in [0.15, 0.2) is 22.6 Å². The molecule has 3 heterocycles. The highest BCUT2D eigenvalue weighted by Gasteiger charge is 2.45. The fraction of sp³-hybridized carbons (Fsp3) is 0.500. The fourth-order valence-corrected chi connectivity index (χ4v) is 4.88. The van der Waals surface area contributed by atoms with Gasteiger partial charge in [0.05, 0.1) is 30.6 Å². The first-order valence-corrected chi connectivity index (χ1v) is 14.1. The standard InChI is InChI=1S/C30H36FN5O5/c1-3-5-6-7-8-9-13-16-24(38)33-26-25-27(35-29(31)34-26)36(20-32-25)22-17-23(37)30(4-2,41-18-22)19-40-28(39)21-14-11-10-12-15-21/h2,10-12,14-15,20,22-23,37H,3,5-9,13,16-19H2,1H3,(H,33,34,35,38)/t22?,23-,30+/m0/s1. The number of hydrogen-bond donors (Lipinski definition) is 2. The molecule has 10 nitrogen and oxygen atoms in total. The second-order valence-corrected chi connectivity index (χ2v) is 10.3. The number of nitrogens with one attached hydrogen (secondary N) is 1. The van der Waals surface area contributed by atoms with Crippen molar-refractivity contribution in [3.63, 3.8) is 0 Å². The number of aliphatic hydroxyl groups excluding tert-OH is 1. The number of hydrogen-bond acceptors (Lipinski definition) is 8. The maximum absolute atomic E-state index is 14.4. The molecule has 0 bridgehead atoms. The fourth-order valence-electron chi connectivity index (χ4n) is 4.88. The molecule has 1 aliphatic heterocycles. The van der Waals surface area contributed by atoms with Crippen molar-refractivity contribution in [2.24, 2.45) is 0 Å². The van der Waals surface area contributed by atoms with E-state index >= 15 is 0 Å². The lowest BCUT2D eigenvalue weighted by atomic mass is 9.89. The summed E-state index contributed by atoms with van der Waals surface area (Å²) in [6.07, 6.45) is 12.9. The summed E-state index contributed by atoms with van der Waals surface area (Å²) in [6.45, 7) is 1.84. The third-order valence-corrected chi connectivity index (χ3v) is 7.29. The molecule has 1 saturated heterocycles. The van der Waals surface area contributed by atoms with Gasteiger partial charge in [-0.15, -0.1) is 6.42 Å². The maximum Gasteiger partial charge on any atom is 0.338 e. The number of aromatic nitrogens is 4. The van der Waals surface area contributed by atoms with Crippen LogP contribution in [0.25, 0.3) is 11.2 Å². The average Bonchev–Trinajstić information content (AvgIpc) is 3.40. The van der Waals surface area contributed by atoms with Crippen LogP contribution in [0, 0.1) is 18.4 Å². The van der Waals surface area contributed by atoms with E-state index in [-0.39, 0.29) is 42.5 Å². The average molecular weight is 566 g/mol. The van der Waals surface area contributed by atoms with Gasteiger partial charge < -0.3 is 24.5 Å². The van der Waals surface area contributed by atoms with E-state index in [1.54, 1.807) is 34.9 Å². The summed E-state index contributed by atoms with van der Waals surface area (Å²) >= 11 is 0. The topological polar surface area (TPSA) is 128 Å². The zero-order valence-electron chi connectivity index (χ0n) is 23.2. The van der Waals surface area contributed by atoms with Gasteiger partial charge in [0, 0.05) is 12.8 Å². The van der Waals surface area contributed by atoms with Gasteiger partial charge in [-0.2, -0.15) is 14.4 Å². The Hall–Kier alpha value is -3.88. The van der Waals surface area contributed by atoms with Gasteiger partial charge in [-0.05, 0) is 18.6 Å². The van der Waals surface area contributed by atoms with Crippen molar-refractivity contribution in [2.45, 2.75) is 82.5 Å². The molecule has 1 aliphatic rings. The molecule has 0 saturated carbocycles. The predicted molar refractivity (Wildman–Crippen MR) is 150 cm³/mol. The van der Waals surface area contributed by atoms with Crippen LogP contribution in [-0.2, 0) is 14.3 Å². The number of aliphatic hydroxyl groups is 1. The molecule has 3 aromatic rings. The maximum atomic E-state index is 14.4. The third-order valence-electron chi connectivity index (χ3n) is 7.29. The molecular formula is C30H36FN5O5. The van der Waals surface area contributed by atoms with Crippen molar-refractivity contribution in [3.05, 3.63) is 48.3 Å². The van der Waals surface area contributed by atoms with Gasteiger partial charge in [-0.1, -0.05) is 69.6 Å². The monoisotopic (exact) mass is 565 g/mol. The first kappa shape index (κ1) is 30.1. The molecule has 2 N–H and O–H groups in total. The minimum Gasteiger partial charge on any atom is -0.458 e. The second kappa shape index (κ2) is 14.1. The SMILES string of the molecule is C#C[C@]1(COC(=O)c2ccccc2)OCC(n2cnc3c(NC(=O)CCCCCCCCC)nc(F)nc32)C[C@@H]1O. The van der Waals surface area contributed by atoms with E-state index < -0.39 is 29.8 Å². The second-order valence-electron chi connectivity index (χ2n) is 10.3. The molecule has 0 aliphatic carbocycles. The highest BCUT2D eigenvalue weighted by molar-refractivity contribution is 5.96. The van der Waals surface area contributed by atoms with Crippen molar-refractivity contribution in [2.75, 3.05) is 18.5 Å². The number of unbranched alkanes of at least 4 members (excludes halogenated alkanes) is 6. The van der Waals surface area contributed by atoms with Crippen LogP contribution in [0.15, 0.2) is 36.7 Å². The van der Waals surface area contributed by atoms with Crippen LogP contribution in [0.5, 0.6) is 0 Å². The molecule has 2 aromatic heterocycles. The van der Waals surface area contributed by atoms with Gasteiger partial charge in [-0.3, -0.25) is 4.79 Å². The number of anilines is 1. The third kappa shape index (κ3) is 7.45. The van der Waals surface area contributed by atoms with Gasteiger partial charge in [0.25, 0.3) is 0 Å². The van der Waals surface area contributed by atoms with Crippen molar-refractivity contribution < 1.29 is 28.6 Å². The molecule has 11 heteroatoms. The number of nitrogens with zero attached hydrogens (tertiary/aromatic N) is 4. The zero-order valence-corrected chi connectivity index (χ0v) is 23.2. The van der Waals surface area contributed by atoms with Crippen LogP contribution in [0.4, 0.5) is 10.2 Å². The summed E-state index contributed by atoms with van der Waals surface area (Å²) in [4.78, 5) is 36.9. The molecular weight excluding hydrogens is 529 g/mol. The number of carbonyl (C=O) groups is 2. The van der Waals surface area contributed by atoms with E-state index in [4.69, 9.17) is 15.9 Å². The van der Waals surface area contributed by atoms with Crippen molar-refractivity contribution in [1.82, 2.24) is 19.5 Å². The van der Waals surface area contributed by atoms with E-state index in [1.807, 2.05) is 0 Å². The molecule has 4 rings (SSSR count). The Morgan fingerprint density at radius 3 is 2.63 bits per heavy atom. The van der Waals surface area contributed by atoms with Crippen LogP contribution in [-0.4, -0.2) is 61.4 Å². The smallest absolute Gasteiger partial charge is 0.338 e. The molecule has 0 spiro atoms. The van der Waals surface area contributed by atoms with Crippen LogP contribution in [0.2, 0.25) is 0 Å². The number of fused-ring (bicyclic) bond motifs is 1. The summed E-state index contributed by atoms with van der Waals surface area (Å²) in [7, 11) is 0. The lowest BCUT2D eigenvalue weighted by Gasteiger charge is -2.40. The van der Waals surface area contributed by atoms with Gasteiger partial charge >= 0.3 is 12.0 Å². The van der Waals surface area contributed by atoms with E-state index in [9.17, 15) is 19.1 Å². The molecule has 1 aromatic carbocycles. The lowest BCUT2D eigenvalue weighted by Crippen LogP contribution is -2.53. The van der Waals surface area contributed by atoms with Crippen molar-refractivity contribution in [1.29, 1.82) is 0 Å². The highest BCUT2D eigenvalue weighted by atomic mass is 19.1. The van der Waals surface area contributed by atoms with Crippen molar-refractivity contribution >= 4 is 28.9 Å². The molecule has 41 heavy (non-hydrogen) atoms. The normalized spacial score (nSPS) is 20.4. The molecule has 3 atom stereocenters. The largest absolute Gasteiger partial charge is 0.458 e. The van der Waals surface area contributed by atoms with Crippen LogP contribution in [0.3, 0.4) is 0 Å². The van der Waals surface area contributed by atoms with Crippen LogP contribution < -0.4 is 5.32 Å². The first-order valence-electron chi connectivity index (χ1n) is 14.1.